The molecule has 4 nitrogen and oxygen atoms in total. The molecular weight excluding hydrogens is 245 g/mol. The fourth-order valence-corrected chi connectivity index (χ4v) is 1.14. The Kier molecular flexibility index (Phi) is 7.84. The summed E-state index contributed by atoms with van der Waals surface area (Å²) in [5.74, 6) is 0.0795. The first-order chi connectivity index (χ1) is 8.96. The third kappa shape index (κ3) is 6.35. The molecule has 0 aliphatic carbocycles. The van der Waals surface area contributed by atoms with E-state index in [-0.39, 0.29) is 23.8 Å². The largest absolute Gasteiger partial charge is 0.499 e. The predicted molar refractivity (Wildman–Crippen MR) is 78.6 cm³/mol. The molecule has 0 fully saturated rings. The van der Waals surface area contributed by atoms with Crippen LogP contribution in [-0.2, 0) is 4.74 Å². The smallest absolute Gasteiger partial charge is 0.142 e. The van der Waals surface area contributed by atoms with Gasteiger partial charge in [-0.1, -0.05) is 18.7 Å². The summed E-state index contributed by atoms with van der Waals surface area (Å²) < 4.78 is 18.6. The molecule has 0 aliphatic rings. The third-order valence-electron chi connectivity index (χ3n) is 2.39. The highest BCUT2D eigenvalue weighted by atomic mass is 19.1. The summed E-state index contributed by atoms with van der Waals surface area (Å²) in [6, 6.07) is 0. The molecule has 0 spiro atoms. The van der Waals surface area contributed by atoms with Gasteiger partial charge < -0.3 is 10.5 Å². The molecule has 0 aromatic rings. The molecule has 0 heterocycles. The van der Waals surface area contributed by atoms with Crippen molar-refractivity contribution in [3.8, 4) is 0 Å². The fraction of sp³-hybridized carbons (Fsp3) is 0.286. The number of nitrogens with two attached hydrogens (primary N) is 1. The molecule has 0 saturated carbocycles. The van der Waals surface area contributed by atoms with Gasteiger partial charge in [-0.25, -0.2) is 9.38 Å². The standard InChI is InChI=1S/C14H20FN3O/c1-6-7-12(8-13(15)11(3)19-5)10(2)18-9-14(16)17-4/h6-7,9H,1,4,8,16H2,2-3,5H3/b12-7+,13-11-,14-9-,18-10+. The monoisotopic (exact) mass is 265 g/mol. The first kappa shape index (κ1) is 16.8. The lowest BCUT2D eigenvalue weighted by Gasteiger charge is -2.07. The summed E-state index contributed by atoms with van der Waals surface area (Å²) in [6.45, 7) is 10.2. The number of aliphatic imine (C=N–C) groups is 2. The average molecular weight is 265 g/mol. The number of methoxy groups -OCH3 is 1. The second-order valence-corrected chi connectivity index (χ2v) is 3.70. The summed E-state index contributed by atoms with van der Waals surface area (Å²) in [5, 5.41) is 0. The van der Waals surface area contributed by atoms with Crippen LogP contribution in [0.4, 0.5) is 4.39 Å². The van der Waals surface area contributed by atoms with Gasteiger partial charge in [-0.05, 0) is 26.1 Å². The van der Waals surface area contributed by atoms with Gasteiger partial charge in [0.2, 0.25) is 0 Å². The van der Waals surface area contributed by atoms with Crippen molar-refractivity contribution in [2.24, 2.45) is 15.7 Å². The molecule has 0 aliphatic heterocycles. The van der Waals surface area contributed by atoms with Gasteiger partial charge >= 0.3 is 0 Å². The molecule has 0 atom stereocenters. The summed E-state index contributed by atoms with van der Waals surface area (Å²) in [7, 11) is 1.42. The van der Waals surface area contributed by atoms with E-state index in [2.05, 4.69) is 23.3 Å². The van der Waals surface area contributed by atoms with E-state index in [1.807, 2.05) is 0 Å². The van der Waals surface area contributed by atoms with Gasteiger partial charge in [-0.3, -0.25) is 4.99 Å². The molecule has 19 heavy (non-hydrogen) atoms. The summed E-state index contributed by atoms with van der Waals surface area (Å²) >= 11 is 0. The number of halogens is 1. The second kappa shape index (κ2) is 8.85. The van der Waals surface area contributed by atoms with Crippen molar-refractivity contribution in [2.45, 2.75) is 20.3 Å². The number of hydrogen-bond acceptors (Lipinski definition) is 4. The van der Waals surface area contributed by atoms with Crippen molar-refractivity contribution in [3.63, 3.8) is 0 Å². The van der Waals surface area contributed by atoms with Crippen molar-refractivity contribution in [2.75, 3.05) is 7.11 Å². The summed E-state index contributed by atoms with van der Waals surface area (Å²) in [5.41, 5.74) is 6.74. The molecule has 104 valence electrons. The summed E-state index contributed by atoms with van der Waals surface area (Å²) in [6.07, 6.45) is 4.70. The van der Waals surface area contributed by atoms with Crippen molar-refractivity contribution < 1.29 is 9.13 Å². The van der Waals surface area contributed by atoms with E-state index >= 15 is 0 Å². The third-order valence-corrected chi connectivity index (χ3v) is 2.39. The minimum Gasteiger partial charge on any atom is -0.499 e. The lowest BCUT2D eigenvalue weighted by atomic mass is 10.1. The van der Waals surface area contributed by atoms with Crippen molar-refractivity contribution in [1.82, 2.24) is 0 Å². The Hall–Kier alpha value is -2.17. The maximum absolute atomic E-state index is 13.8. The highest BCUT2D eigenvalue weighted by Gasteiger charge is 2.08. The predicted octanol–water partition coefficient (Wildman–Crippen LogP) is 3.26. The zero-order chi connectivity index (χ0) is 14.8. The van der Waals surface area contributed by atoms with E-state index < -0.39 is 0 Å². The van der Waals surface area contributed by atoms with E-state index in [0.29, 0.717) is 11.3 Å². The highest BCUT2D eigenvalue weighted by molar-refractivity contribution is 5.99. The fourth-order valence-electron chi connectivity index (χ4n) is 1.14. The average Bonchev–Trinajstić information content (AvgIpc) is 2.42. The molecule has 0 aromatic heterocycles. The minimum absolute atomic E-state index is 0.0797. The van der Waals surface area contributed by atoms with Gasteiger partial charge in [0.05, 0.1) is 13.3 Å². The number of ether oxygens (including phenoxy) is 1. The van der Waals surface area contributed by atoms with Crippen LogP contribution in [0.1, 0.15) is 20.3 Å². The molecular formula is C14H20FN3O. The Morgan fingerprint density at radius 1 is 1.42 bits per heavy atom. The van der Waals surface area contributed by atoms with Crippen LogP contribution in [0.3, 0.4) is 0 Å². The Morgan fingerprint density at radius 2 is 2.05 bits per heavy atom. The van der Waals surface area contributed by atoms with E-state index in [1.54, 1.807) is 26.0 Å². The molecule has 0 saturated heterocycles. The first-order valence-electron chi connectivity index (χ1n) is 5.64. The summed E-state index contributed by atoms with van der Waals surface area (Å²) in [4.78, 5) is 7.61. The van der Waals surface area contributed by atoms with Crippen LogP contribution >= 0.6 is 0 Å². The number of allylic oxidation sites excluding steroid dienone is 5. The SMILES string of the molecule is C=C/C=C(C/C(F)=C(\C)OC)/C(C)=N/C=C(/N)N=C. The van der Waals surface area contributed by atoms with Gasteiger partial charge in [0, 0.05) is 12.1 Å². The first-order valence-corrected chi connectivity index (χ1v) is 5.64. The lowest BCUT2D eigenvalue weighted by molar-refractivity contribution is 0.275. The minimum atomic E-state index is -0.357. The molecule has 0 rings (SSSR count). The molecule has 5 heteroatoms. The highest BCUT2D eigenvalue weighted by Crippen LogP contribution is 2.18. The normalized spacial score (nSPS) is 14.8. The van der Waals surface area contributed by atoms with E-state index in [0.717, 1.165) is 0 Å². The quantitative estimate of drug-likeness (QED) is 0.436. The molecule has 0 unspecified atom stereocenters. The van der Waals surface area contributed by atoms with Gasteiger partial charge in [-0.15, -0.1) is 0 Å². The number of hydrogen-bond donors (Lipinski definition) is 1. The van der Waals surface area contributed by atoms with E-state index in [1.165, 1.54) is 13.3 Å². The van der Waals surface area contributed by atoms with E-state index in [9.17, 15) is 4.39 Å². The zero-order valence-electron chi connectivity index (χ0n) is 11.6. The van der Waals surface area contributed by atoms with Gasteiger partial charge in [-0.2, -0.15) is 0 Å². The van der Waals surface area contributed by atoms with Crippen LogP contribution < -0.4 is 5.73 Å². The van der Waals surface area contributed by atoms with Crippen LogP contribution in [-0.4, -0.2) is 19.5 Å². The second-order valence-electron chi connectivity index (χ2n) is 3.70. The van der Waals surface area contributed by atoms with Crippen LogP contribution in [0.15, 0.2) is 57.9 Å². The van der Waals surface area contributed by atoms with Crippen molar-refractivity contribution in [3.05, 3.63) is 47.9 Å². The van der Waals surface area contributed by atoms with E-state index in [4.69, 9.17) is 10.5 Å². The Labute approximate surface area is 113 Å². The number of nitrogens with zero attached hydrogens (tertiary/aromatic N) is 2. The molecule has 0 amide bonds. The van der Waals surface area contributed by atoms with Crippen LogP contribution in [0.5, 0.6) is 0 Å². The Balaban J connectivity index is 5.20. The van der Waals surface area contributed by atoms with Gasteiger partial charge in [0.1, 0.15) is 17.4 Å². The Morgan fingerprint density at radius 3 is 2.53 bits per heavy atom. The van der Waals surface area contributed by atoms with Gasteiger partial charge in [0.25, 0.3) is 0 Å². The van der Waals surface area contributed by atoms with Crippen LogP contribution in [0, 0.1) is 0 Å². The molecule has 0 aromatic carbocycles. The topological polar surface area (TPSA) is 60.0 Å². The molecule has 0 radical (unpaired) electrons. The van der Waals surface area contributed by atoms with Crippen LogP contribution in [0.2, 0.25) is 0 Å². The number of rotatable bonds is 7. The Bertz CT molecular complexity index is 459. The maximum atomic E-state index is 13.8. The zero-order valence-corrected chi connectivity index (χ0v) is 11.6. The lowest BCUT2D eigenvalue weighted by Crippen LogP contribution is -2.00. The van der Waals surface area contributed by atoms with Crippen LogP contribution in [0.25, 0.3) is 0 Å². The van der Waals surface area contributed by atoms with Gasteiger partial charge in [0.15, 0.2) is 0 Å². The molecule has 2 N–H and O–H groups in total. The van der Waals surface area contributed by atoms with Crippen molar-refractivity contribution >= 4 is 12.4 Å². The maximum Gasteiger partial charge on any atom is 0.142 e. The van der Waals surface area contributed by atoms with Crippen molar-refractivity contribution in [1.29, 1.82) is 0 Å². The molecule has 0 bridgehead atoms.